The molecule has 1 aliphatic heterocycles. The van der Waals surface area contributed by atoms with Gasteiger partial charge in [0.25, 0.3) is 0 Å². The highest BCUT2D eigenvalue weighted by molar-refractivity contribution is 5.99. The second kappa shape index (κ2) is 7.12. The van der Waals surface area contributed by atoms with E-state index in [0.717, 1.165) is 11.3 Å². The minimum Gasteiger partial charge on any atom is -0.490 e. The number of nitrogens with zero attached hydrogens (tertiary/aromatic N) is 2. The summed E-state index contributed by atoms with van der Waals surface area (Å²) in [5.74, 6) is 0.933. The van der Waals surface area contributed by atoms with Crippen molar-refractivity contribution in [1.29, 1.82) is 0 Å². The highest BCUT2D eigenvalue weighted by Crippen LogP contribution is 2.31. The molecule has 0 radical (unpaired) electrons. The molecule has 0 bridgehead atoms. The average molecular weight is 325 g/mol. The lowest BCUT2D eigenvalue weighted by Gasteiger charge is -2.29. The molecule has 1 N–H and O–H groups in total. The first-order valence-electron chi connectivity index (χ1n) is 7.89. The van der Waals surface area contributed by atoms with Crippen molar-refractivity contribution in [2.75, 3.05) is 23.4 Å². The van der Waals surface area contributed by atoms with Gasteiger partial charge in [-0.3, -0.25) is 9.59 Å². The number of hydrogen-bond donors (Lipinski definition) is 1. The number of aryl methyl sites for hydroxylation is 1. The molecule has 0 saturated carbocycles. The number of benzene rings is 1. The number of anilines is 2. The molecule has 0 aliphatic carbocycles. The highest BCUT2D eigenvalue weighted by Gasteiger charge is 2.23. The Labute approximate surface area is 140 Å². The molecule has 24 heavy (non-hydrogen) atoms. The summed E-state index contributed by atoms with van der Waals surface area (Å²) in [4.78, 5) is 30.3. The topological polar surface area (TPSA) is 71.5 Å². The number of amides is 2. The molecule has 1 aromatic heterocycles. The lowest BCUT2D eigenvalue weighted by Crippen LogP contribution is -2.38. The van der Waals surface area contributed by atoms with Gasteiger partial charge in [-0.2, -0.15) is 0 Å². The van der Waals surface area contributed by atoms with E-state index in [2.05, 4.69) is 10.3 Å². The summed E-state index contributed by atoms with van der Waals surface area (Å²) in [6.07, 6.45) is 1.89. The summed E-state index contributed by atoms with van der Waals surface area (Å²) in [6, 6.07) is 11.1. The molecule has 6 heteroatoms. The van der Waals surface area contributed by atoms with E-state index in [1.54, 1.807) is 11.1 Å². The predicted molar refractivity (Wildman–Crippen MR) is 91.1 cm³/mol. The molecule has 0 fully saturated rings. The molecule has 0 saturated heterocycles. The fourth-order valence-electron chi connectivity index (χ4n) is 2.60. The van der Waals surface area contributed by atoms with Gasteiger partial charge in [0.1, 0.15) is 18.2 Å². The van der Waals surface area contributed by atoms with E-state index in [9.17, 15) is 9.59 Å². The van der Waals surface area contributed by atoms with E-state index < -0.39 is 0 Å². The molecular formula is C18H19N3O3. The third-order valence-corrected chi connectivity index (χ3v) is 3.86. The van der Waals surface area contributed by atoms with Gasteiger partial charge < -0.3 is 15.0 Å². The minimum absolute atomic E-state index is 0.0846. The van der Waals surface area contributed by atoms with Gasteiger partial charge in [0.05, 0.1) is 12.2 Å². The monoisotopic (exact) mass is 325 g/mol. The number of ether oxygens (including phenoxy) is 1. The number of pyridine rings is 1. The summed E-state index contributed by atoms with van der Waals surface area (Å²) in [5, 5.41) is 2.74. The molecule has 2 heterocycles. The van der Waals surface area contributed by atoms with Crippen LogP contribution in [0.25, 0.3) is 0 Å². The van der Waals surface area contributed by atoms with Crippen LogP contribution in [0.4, 0.5) is 11.5 Å². The number of para-hydroxylation sites is 2. The molecule has 2 amide bonds. The zero-order valence-corrected chi connectivity index (χ0v) is 13.5. The van der Waals surface area contributed by atoms with Crippen LogP contribution in [0.15, 0.2) is 42.6 Å². The van der Waals surface area contributed by atoms with Crippen molar-refractivity contribution in [3.05, 3.63) is 48.2 Å². The number of rotatable bonds is 4. The first-order valence-corrected chi connectivity index (χ1v) is 7.89. The number of nitrogens with one attached hydrogen (secondary N) is 1. The minimum atomic E-state index is -0.216. The van der Waals surface area contributed by atoms with Gasteiger partial charge in [-0.1, -0.05) is 18.2 Å². The Bertz CT molecular complexity index is 761. The zero-order valence-electron chi connectivity index (χ0n) is 13.5. The number of fused-ring (bicyclic) bond motifs is 1. The zero-order chi connectivity index (χ0) is 16.9. The van der Waals surface area contributed by atoms with Gasteiger partial charge in [-0.15, -0.1) is 0 Å². The lowest BCUT2D eigenvalue weighted by molar-refractivity contribution is -0.122. The molecule has 2 aromatic rings. The third-order valence-electron chi connectivity index (χ3n) is 3.86. The van der Waals surface area contributed by atoms with E-state index in [0.29, 0.717) is 24.7 Å². The molecule has 124 valence electrons. The number of hydrogen-bond acceptors (Lipinski definition) is 4. The van der Waals surface area contributed by atoms with Crippen LogP contribution in [0.5, 0.6) is 5.75 Å². The number of aromatic nitrogens is 1. The van der Waals surface area contributed by atoms with E-state index in [1.165, 1.54) is 0 Å². The van der Waals surface area contributed by atoms with E-state index >= 15 is 0 Å². The van der Waals surface area contributed by atoms with Crippen LogP contribution in [0.2, 0.25) is 0 Å². The molecule has 0 spiro atoms. The first kappa shape index (κ1) is 16.0. The normalized spacial score (nSPS) is 13.0. The molecular weight excluding hydrogens is 306 g/mol. The second-order valence-electron chi connectivity index (χ2n) is 5.58. The van der Waals surface area contributed by atoms with E-state index in [4.69, 9.17) is 4.74 Å². The standard InChI is InChI=1S/C18H19N3O3/c1-13-5-4-10-19-18(13)20-16(22)8-9-17(23)21-11-12-24-15-7-3-2-6-14(15)21/h2-7,10H,8-9,11-12H2,1H3,(H,19,20,22). The smallest absolute Gasteiger partial charge is 0.227 e. The van der Waals surface area contributed by atoms with Crippen molar-refractivity contribution in [1.82, 2.24) is 4.98 Å². The second-order valence-corrected chi connectivity index (χ2v) is 5.58. The fourth-order valence-corrected chi connectivity index (χ4v) is 2.60. The maximum atomic E-state index is 12.5. The first-order chi connectivity index (χ1) is 11.6. The Kier molecular flexibility index (Phi) is 4.74. The van der Waals surface area contributed by atoms with Crippen LogP contribution in [0.3, 0.4) is 0 Å². The SMILES string of the molecule is Cc1cccnc1NC(=O)CCC(=O)N1CCOc2ccccc21. The summed E-state index contributed by atoms with van der Waals surface area (Å²) in [7, 11) is 0. The van der Waals surface area contributed by atoms with Gasteiger partial charge >= 0.3 is 0 Å². The van der Waals surface area contributed by atoms with Crippen molar-refractivity contribution >= 4 is 23.3 Å². The molecule has 3 rings (SSSR count). The van der Waals surface area contributed by atoms with Gasteiger partial charge in [0.2, 0.25) is 11.8 Å². The van der Waals surface area contributed by atoms with Crippen molar-refractivity contribution in [3.8, 4) is 5.75 Å². The fraction of sp³-hybridized carbons (Fsp3) is 0.278. The quantitative estimate of drug-likeness (QED) is 0.937. The average Bonchev–Trinajstić information content (AvgIpc) is 2.61. The van der Waals surface area contributed by atoms with Crippen LogP contribution in [0.1, 0.15) is 18.4 Å². The van der Waals surface area contributed by atoms with Gasteiger partial charge in [-0.25, -0.2) is 4.98 Å². The lowest BCUT2D eigenvalue weighted by atomic mass is 10.2. The molecule has 6 nitrogen and oxygen atoms in total. The summed E-state index contributed by atoms with van der Waals surface area (Å²) < 4.78 is 5.54. The van der Waals surface area contributed by atoms with Crippen molar-refractivity contribution in [2.45, 2.75) is 19.8 Å². The van der Waals surface area contributed by atoms with Crippen molar-refractivity contribution in [3.63, 3.8) is 0 Å². The van der Waals surface area contributed by atoms with Gasteiger partial charge in [0.15, 0.2) is 0 Å². The predicted octanol–water partition coefficient (Wildman–Crippen LogP) is 2.53. The summed E-state index contributed by atoms with van der Waals surface area (Å²) >= 11 is 0. The van der Waals surface area contributed by atoms with Crippen LogP contribution >= 0.6 is 0 Å². The van der Waals surface area contributed by atoms with E-state index in [1.807, 2.05) is 43.3 Å². The number of carbonyl (C=O) groups excluding carboxylic acids is 2. The van der Waals surface area contributed by atoms with Gasteiger partial charge in [-0.05, 0) is 30.7 Å². The summed E-state index contributed by atoms with van der Waals surface area (Å²) in [6.45, 7) is 2.83. The van der Waals surface area contributed by atoms with Gasteiger partial charge in [0, 0.05) is 19.0 Å². The molecule has 0 atom stereocenters. The molecule has 0 unspecified atom stereocenters. The Morgan fingerprint density at radius 2 is 2.04 bits per heavy atom. The maximum Gasteiger partial charge on any atom is 0.227 e. The molecule has 1 aliphatic rings. The van der Waals surface area contributed by atoms with Crippen LogP contribution in [-0.4, -0.2) is 29.9 Å². The Morgan fingerprint density at radius 1 is 1.21 bits per heavy atom. The van der Waals surface area contributed by atoms with Crippen LogP contribution in [-0.2, 0) is 9.59 Å². The van der Waals surface area contributed by atoms with Crippen LogP contribution in [0, 0.1) is 6.92 Å². The van der Waals surface area contributed by atoms with Crippen molar-refractivity contribution < 1.29 is 14.3 Å². The number of carbonyl (C=O) groups is 2. The Hall–Kier alpha value is -2.89. The largest absolute Gasteiger partial charge is 0.490 e. The Balaban J connectivity index is 1.58. The van der Waals surface area contributed by atoms with Crippen LogP contribution < -0.4 is 15.0 Å². The van der Waals surface area contributed by atoms with E-state index in [-0.39, 0.29) is 24.7 Å². The highest BCUT2D eigenvalue weighted by atomic mass is 16.5. The maximum absolute atomic E-state index is 12.5. The summed E-state index contributed by atoms with van der Waals surface area (Å²) in [5.41, 5.74) is 1.65. The molecule has 1 aromatic carbocycles. The third kappa shape index (κ3) is 3.53. The van der Waals surface area contributed by atoms with Crippen molar-refractivity contribution in [2.24, 2.45) is 0 Å². The Morgan fingerprint density at radius 3 is 2.88 bits per heavy atom.